The van der Waals surface area contributed by atoms with E-state index in [0.29, 0.717) is 17.8 Å². The van der Waals surface area contributed by atoms with E-state index in [-0.39, 0.29) is 5.91 Å². The average Bonchev–Trinajstić information content (AvgIpc) is 2.47. The van der Waals surface area contributed by atoms with Gasteiger partial charge in [-0.3, -0.25) is 9.78 Å². The molecule has 0 fully saturated rings. The van der Waals surface area contributed by atoms with E-state index in [0.717, 1.165) is 5.56 Å². The number of nitrogens with one attached hydrogen (secondary N) is 1. The number of carbonyl (C=O) groups is 1. The predicted molar refractivity (Wildman–Crippen MR) is 71.2 cm³/mol. The molecular formula is C14H13N3O2. The molecule has 0 saturated heterocycles. The third kappa shape index (κ3) is 3.64. The van der Waals surface area contributed by atoms with Gasteiger partial charge in [-0.25, -0.2) is 0 Å². The first-order chi connectivity index (χ1) is 9.29. The maximum absolute atomic E-state index is 11.9. The van der Waals surface area contributed by atoms with Gasteiger partial charge in [0, 0.05) is 12.7 Å². The largest absolute Gasteiger partial charge is 0.411 e. The van der Waals surface area contributed by atoms with Crippen LogP contribution in [0.15, 0.2) is 53.8 Å². The molecule has 0 unspecified atom stereocenters. The summed E-state index contributed by atoms with van der Waals surface area (Å²) < 4.78 is 0. The van der Waals surface area contributed by atoms with Crippen LogP contribution in [0, 0.1) is 0 Å². The second kappa shape index (κ2) is 6.30. The molecule has 0 spiro atoms. The highest BCUT2D eigenvalue weighted by Crippen LogP contribution is 2.01. The minimum Gasteiger partial charge on any atom is -0.411 e. The van der Waals surface area contributed by atoms with Crippen LogP contribution in [0.3, 0.4) is 0 Å². The number of amides is 1. The van der Waals surface area contributed by atoms with Crippen molar-refractivity contribution < 1.29 is 10.0 Å². The number of nitrogens with zero attached hydrogens (tertiary/aromatic N) is 2. The first kappa shape index (κ1) is 12.8. The Morgan fingerprint density at radius 2 is 2.05 bits per heavy atom. The Hall–Kier alpha value is -2.69. The summed E-state index contributed by atoms with van der Waals surface area (Å²) in [5.41, 5.74) is 1.99. The van der Waals surface area contributed by atoms with E-state index >= 15 is 0 Å². The van der Waals surface area contributed by atoms with E-state index in [1.54, 1.807) is 12.1 Å². The van der Waals surface area contributed by atoms with Gasteiger partial charge in [0.15, 0.2) is 0 Å². The van der Waals surface area contributed by atoms with Crippen molar-refractivity contribution in [3.05, 3.63) is 65.5 Å². The Morgan fingerprint density at radius 1 is 1.26 bits per heavy atom. The first-order valence-electron chi connectivity index (χ1n) is 5.75. The topological polar surface area (TPSA) is 74.6 Å². The van der Waals surface area contributed by atoms with Crippen LogP contribution in [-0.4, -0.2) is 22.3 Å². The van der Waals surface area contributed by atoms with Crippen molar-refractivity contribution >= 4 is 12.1 Å². The van der Waals surface area contributed by atoms with Gasteiger partial charge in [0.2, 0.25) is 0 Å². The highest BCUT2D eigenvalue weighted by molar-refractivity contribution is 5.94. The number of oxime groups is 1. The summed E-state index contributed by atoms with van der Waals surface area (Å²) in [5, 5.41) is 14.0. The van der Waals surface area contributed by atoms with Crippen molar-refractivity contribution in [2.24, 2.45) is 5.16 Å². The summed E-state index contributed by atoms with van der Waals surface area (Å²) in [6.07, 6.45) is 2.64. The number of aromatic nitrogens is 1. The minimum atomic E-state index is -0.191. The molecular weight excluding hydrogens is 242 g/mol. The number of benzene rings is 1. The molecule has 1 aromatic carbocycles. The van der Waals surface area contributed by atoms with Crippen molar-refractivity contribution in [1.29, 1.82) is 0 Å². The third-order valence-electron chi connectivity index (χ3n) is 2.53. The molecule has 0 radical (unpaired) electrons. The molecule has 1 heterocycles. The van der Waals surface area contributed by atoms with E-state index < -0.39 is 0 Å². The minimum absolute atomic E-state index is 0.191. The van der Waals surface area contributed by atoms with Crippen LogP contribution in [0.2, 0.25) is 0 Å². The van der Waals surface area contributed by atoms with Gasteiger partial charge in [0.05, 0.1) is 17.5 Å². The van der Waals surface area contributed by atoms with E-state index in [1.807, 2.05) is 30.3 Å². The highest BCUT2D eigenvalue weighted by atomic mass is 16.4. The molecule has 0 saturated carbocycles. The highest BCUT2D eigenvalue weighted by Gasteiger charge is 2.05. The Labute approximate surface area is 110 Å². The van der Waals surface area contributed by atoms with Crippen LogP contribution in [0.5, 0.6) is 0 Å². The monoisotopic (exact) mass is 255 g/mol. The predicted octanol–water partition coefficient (Wildman–Crippen LogP) is 1.82. The summed E-state index contributed by atoms with van der Waals surface area (Å²) in [6, 6.07) is 12.9. The second-order valence-electron chi connectivity index (χ2n) is 3.88. The second-order valence-corrected chi connectivity index (χ2v) is 3.88. The number of rotatable bonds is 4. The van der Waals surface area contributed by atoms with Crippen LogP contribution in [0.25, 0.3) is 0 Å². The third-order valence-corrected chi connectivity index (χ3v) is 2.53. The van der Waals surface area contributed by atoms with Crippen molar-refractivity contribution in [2.75, 3.05) is 0 Å². The van der Waals surface area contributed by atoms with Gasteiger partial charge in [-0.2, -0.15) is 0 Å². The van der Waals surface area contributed by atoms with E-state index in [4.69, 9.17) is 5.21 Å². The Morgan fingerprint density at radius 3 is 2.68 bits per heavy atom. The van der Waals surface area contributed by atoms with E-state index in [9.17, 15) is 4.79 Å². The zero-order valence-corrected chi connectivity index (χ0v) is 10.2. The lowest BCUT2D eigenvalue weighted by Crippen LogP contribution is -2.22. The van der Waals surface area contributed by atoms with Crippen molar-refractivity contribution in [3.8, 4) is 0 Å². The molecule has 1 aromatic heterocycles. The lowest BCUT2D eigenvalue weighted by molar-refractivity contribution is 0.0950. The molecule has 0 aliphatic carbocycles. The Bertz CT molecular complexity index is 565. The maximum atomic E-state index is 11.9. The summed E-state index contributed by atoms with van der Waals surface area (Å²) >= 11 is 0. The number of carbonyl (C=O) groups excluding carboxylic acids is 1. The summed E-state index contributed by atoms with van der Waals surface area (Å²) in [6.45, 7) is 0.472. The smallest absolute Gasteiger partial charge is 0.253 e. The van der Waals surface area contributed by atoms with Crippen LogP contribution in [-0.2, 0) is 6.54 Å². The zero-order valence-electron chi connectivity index (χ0n) is 10.2. The zero-order chi connectivity index (χ0) is 13.5. The molecule has 19 heavy (non-hydrogen) atoms. The van der Waals surface area contributed by atoms with E-state index in [1.165, 1.54) is 12.4 Å². The molecule has 0 atom stereocenters. The molecule has 0 bridgehead atoms. The molecule has 1 amide bonds. The standard InChI is InChI=1S/C14H13N3O2/c18-14(16-8-11-4-2-1-3-5-11)12-6-7-13(10-17-19)15-9-12/h1-7,9-10,19H,8H2,(H,16,18)/b17-10+. The molecule has 96 valence electrons. The van der Waals surface area contributed by atoms with Crippen LogP contribution < -0.4 is 5.32 Å². The molecule has 5 nitrogen and oxygen atoms in total. The lowest BCUT2D eigenvalue weighted by atomic mass is 10.2. The normalized spacial score (nSPS) is 10.5. The lowest BCUT2D eigenvalue weighted by Gasteiger charge is -2.05. The van der Waals surface area contributed by atoms with Crippen molar-refractivity contribution in [2.45, 2.75) is 6.54 Å². The quantitative estimate of drug-likeness (QED) is 0.497. The van der Waals surface area contributed by atoms with Gasteiger partial charge in [-0.15, -0.1) is 0 Å². The number of pyridine rings is 1. The molecule has 2 N–H and O–H groups in total. The molecule has 2 aromatic rings. The fraction of sp³-hybridized carbons (Fsp3) is 0.0714. The Balaban J connectivity index is 1.96. The fourth-order valence-corrected chi connectivity index (χ4v) is 1.56. The molecule has 0 aliphatic heterocycles. The van der Waals surface area contributed by atoms with Crippen LogP contribution >= 0.6 is 0 Å². The summed E-state index contributed by atoms with van der Waals surface area (Å²) in [5.74, 6) is -0.191. The number of hydrogen-bond acceptors (Lipinski definition) is 4. The molecule has 5 heteroatoms. The maximum Gasteiger partial charge on any atom is 0.253 e. The van der Waals surface area contributed by atoms with Gasteiger partial charge in [0.25, 0.3) is 5.91 Å². The van der Waals surface area contributed by atoms with Crippen molar-refractivity contribution in [1.82, 2.24) is 10.3 Å². The molecule has 2 rings (SSSR count). The SMILES string of the molecule is O=C(NCc1ccccc1)c1ccc(/C=N/O)nc1. The van der Waals surface area contributed by atoms with Gasteiger partial charge in [0.1, 0.15) is 0 Å². The van der Waals surface area contributed by atoms with Crippen molar-refractivity contribution in [3.63, 3.8) is 0 Å². The van der Waals surface area contributed by atoms with Crippen LogP contribution in [0.1, 0.15) is 21.6 Å². The summed E-state index contributed by atoms with van der Waals surface area (Å²) in [4.78, 5) is 15.8. The summed E-state index contributed by atoms with van der Waals surface area (Å²) in [7, 11) is 0. The average molecular weight is 255 g/mol. The van der Waals surface area contributed by atoms with E-state index in [2.05, 4.69) is 15.5 Å². The fourth-order valence-electron chi connectivity index (χ4n) is 1.56. The van der Waals surface area contributed by atoms with Crippen LogP contribution in [0.4, 0.5) is 0 Å². The van der Waals surface area contributed by atoms with Gasteiger partial charge >= 0.3 is 0 Å². The van der Waals surface area contributed by atoms with Gasteiger partial charge < -0.3 is 10.5 Å². The van der Waals surface area contributed by atoms with Gasteiger partial charge in [-0.1, -0.05) is 35.5 Å². The Kier molecular flexibility index (Phi) is 4.23. The van der Waals surface area contributed by atoms with Gasteiger partial charge in [-0.05, 0) is 17.7 Å². The number of hydrogen-bond donors (Lipinski definition) is 2. The molecule has 0 aliphatic rings. The first-order valence-corrected chi connectivity index (χ1v) is 5.75.